The maximum atomic E-state index is 12.6. The van der Waals surface area contributed by atoms with E-state index >= 15 is 0 Å². The van der Waals surface area contributed by atoms with Crippen LogP contribution in [0, 0.1) is 17.8 Å². The molecule has 1 heterocycles. The normalized spacial score (nSPS) is 28.9. The van der Waals surface area contributed by atoms with Gasteiger partial charge in [0.15, 0.2) is 0 Å². The van der Waals surface area contributed by atoms with E-state index in [0.717, 1.165) is 22.8 Å². The molecule has 1 aromatic carbocycles. The van der Waals surface area contributed by atoms with E-state index in [1.54, 1.807) is 11.3 Å². The number of hydrogen-bond donors (Lipinski definition) is 1. The summed E-state index contributed by atoms with van der Waals surface area (Å²) < 4.78 is 1.19. The molecule has 2 bridgehead atoms. The van der Waals surface area contributed by atoms with Crippen LogP contribution in [0.1, 0.15) is 43.0 Å². The number of nitrogens with one attached hydrogen (secondary N) is 1. The monoisotopic (exact) mass is 299 g/mol. The van der Waals surface area contributed by atoms with Gasteiger partial charge in [-0.15, -0.1) is 11.3 Å². The predicted molar refractivity (Wildman–Crippen MR) is 87.7 cm³/mol. The van der Waals surface area contributed by atoms with Crippen molar-refractivity contribution in [2.45, 2.75) is 38.6 Å². The molecule has 110 valence electrons. The van der Waals surface area contributed by atoms with Gasteiger partial charge in [0.05, 0.1) is 5.56 Å². The van der Waals surface area contributed by atoms with E-state index in [4.69, 9.17) is 0 Å². The highest BCUT2D eigenvalue weighted by molar-refractivity contribution is 7.17. The SMILES string of the molecule is C[C@H](NC(=O)c1csc2ccccc12)[C@@H]1C[C@@H]2CC[C@@H]1C2. The molecule has 0 saturated heterocycles. The van der Waals surface area contributed by atoms with Gasteiger partial charge in [-0.05, 0) is 50.0 Å². The summed E-state index contributed by atoms with van der Waals surface area (Å²) in [5.41, 5.74) is 0.839. The van der Waals surface area contributed by atoms with Gasteiger partial charge in [-0.2, -0.15) is 0 Å². The molecule has 0 radical (unpaired) electrons. The number of benzene rings is 1. The van der Waals surface area contributed by atoms with Crippen molar-refractivity contribution in [1.82, 2.24) is 5.32 Å². The highest BCUT2D eigenvalue weighted by atomic mass is 32.1. The number of carbonyl (C=O) groups excluding carboxylic acids is 1. The summed E-state index contributed by atoms with van der Waals surface area (Å²) in [6, 6.07) is 8.45. The van der Waals surface area contributed by atoms with Crippen molar-refractivity contribution in [1.29, 1.82) is 0 Å². The molecule has 2 aliphatic carbocycles. The number of fused-ring (bicyclic) bond motifs is 3. The van der Waals surface area contributed by atoms with Crippen molar-refractivity contribution in [3.63, 3.8) is 0 Å². The maximum Gasteiger partial charge on any atom is 0.252 e. The van der Waals surface area contributed by atoms with Gasteiger partial charge in [0.25, 0.3) is 5.91 Å². The average Bonchev–Trinajstić information content (AvgIpc) is 3.21. The molecular formula is C18H21NOS. The smallest absolute Gasteiger partial charge is 0.252 e. The molecule has 2 aliphatic rings. The Balaban J connectivity index is 1.50. The molecule has 2 nitrogen and oxygen atoms in total. The van der Waals surface area contributed by atoms with Crippen molar-refractivity contribution in [2.24, 2.45) is 17.8 Å². The Morgan fingerprint density at radius 1 is 1.29 bits per heavy atom. The Morgan fingerprint density at radius 3 is 2.90 bits per heavy atom. The second-order valence-corrected chi connectivity index (χ2v) is 7.66. The molecule has 0 spiro atoms. The Hall–Kier alpha value is -1.35. The van der Waals surface area contributed by atoms with E-state index < -0.39 is 0 Å². The van der Waals surface area contributed by atoms with Gasteiger partial charge in [-0.3, -0.25) is 4.79 Å². The van der Waals surface area contributed by atoms with Crippen LogP contribution in [0.2, 0.25) is 0 Å². The van der Waals surface area contributed by atoms with Crippen molar-refractivity contribution in [3.8, 4) is 0 Å². The fraction of sp³-hybridized carbons (Fsp3) is 0.500. The molecular weight excluding hydrogens is 278 g/mol. The summed E-state index contributed by atoms with van der Waals surface area (Å²) in [6.45, 7) is 2.19. The topological polar surface area (TPSA) is 29.1 Å². The lowest BCUT2D eigenvalue weighted by atomic mass is 9.84. The molecule has 1 N–H and O–H groups in total. The first kappa shape index (κ1) is 13.3. The molecule has 4 atom stereocenters. The predicted octanol–water partition coefficient (Wildman–Crippen LogP) is 4.46. The standard InChI is InChI=1S/C18H21NOS/c1-11(15-9-12-6-7-13(15)8-12)19-18(20)16-10-21-17-5-3-2-4-14(16)17/h2-5,10-13,15H,6-9H2,1H3,(H,19,20)/t11-,12+,13+,15-/m0/s1. The van der Waals surface area contributed by atoms with Crippen LogP contribution in [0.4, 0.5) is 0 Å². The fourth-order valence-electron chi connectivity index (χ4n) is 4.45. The van der Waals surface area contributed by atoms with Crippen LogP contribution >= 0.6 is 11.3 Å². The minimum atomic E-state index is 0.0997. The van der Waals surface area contributed by atoms with Crippen LogP contribution in [0.3, 0.4) is 0 Å². The minimum absolute atomic E-state index is 0.0997. The highest BCUT2D eigenvalue weighted by Crippen LogP contribution is 2.49. The lowest BCUT2D eigenvalue weighted by molar-refractivity contribution is 0.0917. The number of hydrogen-bond acceptors (Lipinski definition) is 2. The first-order valence-corrected chi connectivity index (χ1v) is 8.87. The largest absolute Gasteiger partial charge is 0.349 e. The van der Waals surface area contributed by atoms with Gasteiger partial charge in [0, 0.05) is 21.5 Å². The number of amides is 1. The molecule has 4 rings (SSSR count). The summed E-state index contributed by atoms with van der Waals surface area (Å²) >= 11 is 1.65. The van der Waals surface area contributed by atoms with Gasteiger partial charge in [0.1, 0.15) is 0 Å². The summed E-state index contributed by atoms with van der Waals surface area (Å²) in [6.07, 6.45) is 5.50. The summed E-state index contributed by atoms with van der Waals surface area (Å²) in [7, 11) is 0. The Morgan fingerprint density at radius 2 is 2.14 bits per heavy atom. The van der Waals surface area contributed by atoms with Crippen LogP contribution in [-0.2, 0) is 0 Å². The molecule has 0 aliphatic heterocycles. The highest BCUT2D eigenvalue weighted by Gasteiger charge is 2.42. The Kier molecular flexibility index (Phi) is 3.26. The van der Waals surface area contributed by atoms with E-state index in [1.807, 2.05) is 23.6 Å². The quantitative estimate of drug-likeness (QED) is 0.891. The molecule has 0 unspecified atom stereocenters. The van der Waals surface area contributed by atoms with Crippen molar-refractivity contribution in [2.75, 3.05) is 0 Å². The first-order chi connectivity index (χ1) is 10.2. The lowest BCUT2D eigenvalue weighted by Crippen LogP contribution is -2.40. The van der Waals surface area contributed by atoms with Crippen LogP contribution in [0.25, 0.3) is 10.1 Å². The van der Waals surface area contributed by atoms with Crippen LogP contribution in [0.5, 0.6) is 0 Å². The molecule has 3 heteroatoms. The minimum Gasteiger partial charge on any atom is -0.349 e. The van der Waals surface area contributed by atoms with Crippen molar-refractivity contribution in [3.05, 3.63) is 35.2 Å². The van der Waals surface area contributed by atoms with Crippen molar-refractivity contribution < 1.29 is 4.79 Å². The van der Waals surface area contributed by atoms with Crippen LogP contribution in [-0.4, -0.2) is 11.9 Å². The zero-order valence-corrected chi connectivity index (χ0v) is 13.2. The number of rotatable bonds is 3. The van der Waals surface area contributed by atoms with E-state index in [-0.39, 0.29) is 5.91 Å². The fourth-order valence-corrected chi connectivity index (χ4v) is 5.39. The second-order valence-electron chi connectivity index (χ2n) is 6.75. The number of carbonyl (C=O) groups is 1. The zero-order chi connectivity index (χ0) is 14.4. The number of thiophene rings is 1. The second kappa shape index (κ2) is 5.13. The summed E-state index contributed by atoms with van der Waals surface area (Å²) in [5, 5.41) is 6.35. The van der Waals surface area contributed by atoms with Crippen molar-refractivity contribution >= 4 is 27.3 Å². The van der Waals surface area contributed by atoms with Gasteiger partial charge < -0.3 is 5.32 Å². The van der Waals surface area contributed by atoms with Gasteiger partial charge in [-0.25, -0.2) is 0 Å². The van der Waals surface area contributed by atoms with Gasteiger partial charge in [-0.1, -0.05) is 24.6 Å². The Bertz CT molecular complexity index is 677. The maximum absolute atomic E-state index is 12.6. The zero-order valence-electron chi connectivity index (χ0n) is 12.3. The van der Waals surface area contributed by atoms with E-state index in [9.17, 15) is 4.79 Å². The molecule has 21 heavy (non-hydrogen) atoms. The van der Waals surface area contributed by atoms with Crippen LogP contribution < -0.4 is 5.32 Å². The first-order valence-electron chi connectivity index (χ1n) is 7.99. The molecule has 2 saturated carbocycles. The van der Waals surface area contributed by atoms with E-state index in [2.05, 4.69) is 18.3 Å². The lowest BCUT2D eigenvalue weighted by Gasteiger charge is -2.28. The van der Waals surface area contributed by atoms with Gasteiger partial charge >= 0.3 is 0 Å². The molecule has 1 aromatic heterocycles. The molecule has 1 amide bonds. The molecule has 2 fully saturated rings. The molecule has 2 aromatic rings. The average molecular weight is 299 g/mol. The Labute approximate surface area is 129 Å². The van der Waals surface area contributed by atoms with Crippen LogP contribution in [0.15, 0.2) is 29.6 Å². The van der Waals surface area contributed by atoms with Gasteiger partial charge in [0.2, 0.25) is 0 Å². The van der Waals surface area contributed by atoms with E-state index in [1.165, 1.54) is 30.4 Å². The third-order valence-electron chi connectivity index (χ3n) is 5.52. The third kappa shape index (κ3) is 2.28. The summed E-state index contributed by atoms with van der Waals surface area (Å²) in [4.78, 5) is 12.6. The van der Waals surface area contributed by atoms with E-state index in [0.29, 0.717) is 12.0 Å². The third-order valence-corrected chi connectivity index (χ3v) is 6.48. The summed E-state index contributed by atoms with van der Waals surface area (Å²) in [5.74, 6) is 2.58.